The van der Waals surface area contributed by atoms with Crippen LogP contribution in [0.4, 0.5) is 15.9 Å². The van der Waals surface area contributed by atoms with Gasteiger partial charge in [0.1, 0.15) is 17.2 Å². The average molecular weight is 374 g/mol. The predicted molar refractivity (Wildman–Crippen MR) is 105 cm³/mol. The molecule has 5 nitrogen and oxygen atoms in total. The number of carbonyl (C=O) groups excluding carboxylic acids is 1. The fourth-order valence-electron chi connectivity index (χ4n) is 3.29. The molecule has 0 saturated carbocycles. The number of benzene rings is 1. The first kappa shape index (κ1) is 20.7. The molecule has 6 heteroatoms. The Morgan fingerprint density at radius 2 is 1.93 bits per heavy atom. The first-order valence-electron chi connectivity index (χ1n) is 9.39. The van der Waals surface area contributed by atoms with Gasteiger partial charge in [-0.1, -0.05) is 19.9 Å². The van der Waals surface area contributed by atoms with E-state index in [2.05, 4.69) is 5.32 Å². The number of esters is 1. The molecule has 27 heavy (non-hydrogen) atoms. The highest BCUT2D eigenvalue weighted by atomic mass is 19.1. The summed E-state index contributed by atoms with van der Waals surface area (Å²) in [4.78, 5) is 25.2. The van der Waals surface area contributed by atoms with Gasteiger partial charge < -0.3 is 10.1 Å². The lowest BCUT2D eigenvalue weighted by Crippen LogP contribution is -2.27. The molecule has 0 spiro atoms. The van der Waals surface area contributed by atoms with Crippen LogP contribution in [0.1, 0.15) is 54.2 Å². The summed E-state index contributed by atoms with van der Waals surface area (Å²) < 4.78 is 20.8. The van der Waals surface area contributed by atoms with Crippen molar-refractivity contribution in [1.82, 2.24) is 4.57 Å². The van der Waals surface area contributed by atoms with Crippen LogP contribution in [0.25, 0.3) is 0 Å². The van der Waals surface area contributed by atoms with Gasteiger partial charge in [0.2, 0.25) is 0 Å². The van der Waals surface area contributed by atoms with E-state index >= 15 is 0 Å². The third-order valence-corrected chi connectivity index (χ3v) is 4.51. The maximum absolute atomic E-state index is 14.3. The summed E-state index contributed by atoms with van der Waals surface area (Å²) in [5, 5.41) is 2.93. The highest BCUT2D eigenvalue weighted by Crippen LogP contribution is 2.31. The van der Waals surface area contributed by atoms with E-state index in [9.17, 15) is 14.0 Å². The summed E-state index contributed by atoms with van der Waals surface area (Å²) in [5.41, 5.74) is 2.55. The second-order valence-electron chi connectivity index (χ2n) is 6.23. The van der Waals surface area contributed by atoms with Gasteiger partial charge in [-0.05, 0) is 56.4 Å². The second kappa shape index (κ2) is 8.84. The van der Waals surface area contributed by atoms with Crippen molar-refractivity contribution in [2.75, 3.05) is 11.9 Å². The van der Waals surface area contributed by atoms with Gasteiger partial charge in [-0.25, -0.2) is 9.18 Å². The molecule has 0 aliphatic heterocycles. The fourth-order valence-corrected chi connectivity index (χ4v) is 3.29. The number of hydrogen-bond acceptors (Lipinski definition) is 4. The van der Waals surface area contributed by atoms with Crippen LogP contribution < -0.4 is 10.9 Å². The van der Waals surface area contributed by atoms with Crippen LogP contribution in [0, 0.1) is 12.7 Å². The summed E-state index contributed by atoms with van der Waals surface area (Å²) in [7, 11) is 1.58. The van der Waals surface area contributed by atoms with E-state index in [1.54, 1.807) is 33.0 Å². The second-order valence-corrected chi connectivity index (χ2v) is 6.23. The SMILES string of the molecule is CC.CCOC(=O)c1c2c(c(=O)n(C)c1Nc1ccc(C)cc1F)CCC2. The topological polar surface area (TPSA) is 60.3 Å². The van der Waals surface area contributed by atoms with Crippen LogP contribution in [0.15, 0.2) is 23.0 Å². The standard InChI is InChI=1S/C19H21FN2O3.C2H6/c1-4-25-19(24)16-12-6-5-7-13(12)18(23)22(3)17(16)21-15-9-8-11(2)10-14(15)20;1-2/h8-10,21H,4-7H2,1-3H3;1-2H3. The number of nitrogens with zero attached hydrogens (tertiary/aromatic N) is 1. The number of rotatable bonds is 4. The highest BCUT2D eigenvalue weighted by molar-refractivity contribution is 5.97. The molecular weight excluding hydrogens is 347 g/mol. The van der Waals surface area contributed by atoms with Crippen molar-refractivity contribution >= 4 is 17.5 Å². The van der Waals surface area contributed by atoms with E-state index in [1.807, 2.05) is 13.8 Å². The summed E-state index contributed by atoms with van der Waals surface area (Å²) >= 11 is 0. The minimum absolute atomic E-state index is 0.157. The molecule has 0 radical (unpaired) electrons. The lowest BCUT2D eigenvalue weighted by atomic mass is 10.0. The number of aryl methyl sites for hydroxylation is 1. The lowest BCUT2D eigenvalue weighted by Gasteiger charge is -2.19. The number of fused-ring (bicyclic) bond motifs is 1. The van der Waals surface area contributed by atoms with Crippen LogP contribution in [0.2, 0.25) is 0 Å². The summed E-state index contributed by atoms with van der Waals surface area (Å²) in [5.74, 6) is -0.666. The maximum Gasteiger partial charge on any atom is 0.342 e. The minimum Gasteiger partial charge on any atom is -0.462 e. The van der Waals surface area contributed by atoms with E-state index in [1.165, 1.54) is 10.6 Å². The minimum atomic E-state index is -0.494. The Balaban J connectivity index is 0.00000126. The van der Waals surface area contributed by atoms with Gasteiger partial charge in [-0.2, -0.15) is 0 Å². The van der Waals surface area contributed by atoms with E-state index in [0.29, 0.717) is 24.0 Å². The molecular formula is C21H27FN2O3. The zero-order chi connectivity index (χ0) is 20.1. The maximum atomic E-state index is 14.3. The number of ether oxygens (including phenoxy) is 1. The Kier molecular flexibility index (Phi) is 6.77. The predicted octanol–water partition coefficient (Wildman–Crippen LogP) is 4.27. The van der Waals surface area contributed by atoms with Gasteiger partial charge >= 0.3 is 5.97 Å². The molecule has 0 bridgehead atoms. The number of nitrogens with one attached hydrogen (secondary N) is 1. The van der Waals surface area contributed by atoms with Crippen molar-refractivity contribution in [3.05, 3.63) is 56.6 Å². The van der Waals surface area contributed by atoms with Crippen LogP contribution in [0.5, 0.6) is 0 Å². The van der Waals surface area contributed by atoms with E-state index in [-0.39, 0.29) is 23.7 Å². The molecule has 1 aromatic heterocycles. The van der Waals surface area contributed by atoms with E-state index in [0.717, 1.165) is 17.5 Å². The molecule has 1 aromatic carbocycles. The third kappa shape index (κ3) is 4.04. The quantitative estimate of drug-likeness (QED) is 0.812. The molecule has 0 atom stereocenters. The van der Waals surface area contributed by atoms with Crippen molar-refractivity contribution in [3.63, 3.8) is 0 Å². The molecule has 1 aliphatic carbocycles. The lowest BCUT2D eigenvalue weighted by molar-refractivity contribution is 0.0525. The van der Waals surface area contributed by atoms with Gasteiger partial charge in [-0.15, -0.1) is 0 Å². The fraction of sp³-hybridized carbons (Fsp3) is 0.429. The Labute approximate surface area is 159 Å². The number of aromatic nitrogens is 1. The van der Waals surface area contributed by atoms with Crippen LogP contribution in [-0.4, -0.2) is 17.1 Å². The van der Waals surface area contributed by atoms with E-state index < -0.39 is 11.8 Å². The summed E-state index contributed by atoms with van der Waals surface area (Å²) in [6.07, 6.45) is 2.11. The van der Waals surface area contributed by atoms with Crippen molar-refractivity contribution in [3.8, 4) is 0 Å². The first-order valence-corrected chi connectivity index (χ1v) is 9.39. The van der Waals surface area contributed by atoms with Gasteiger partial charge in [-0.3, -0.25) is 9.36 Å². The number of hydrogen-bond donors (Lipinski definition) is 1. The van der Waals surface area contributed by atoms with Crippen molar-refractivity contribution in [2.24, 2.45) is 7.05 Å². The van der Waals surface area contributed by atoms with E-state index in [4.69, 9.17) is 4.74 Å². The van der Waals surface area contributed by atoms with Gasteiger partial charge in [0.25, 0.3) is 5.56 Å². The molecule has 1 heterocycles. The largest absolute Gasteiger partial charge is 0.462 e. The number of anilines is 2. The molecule has 1 aliphatic rings. The van der Waals surface area contributed by atoms with Crippen molar-refractivity contribution in [1.29, 1.82) is 0 Å². The van der Waals surface area contributed by atoms with Crippen LogP contribution in [0.3, 0.4) is 0 Å². The normalized spacial score (nSPS) is 12.1. The number of halogens is 1. The highest BCUT2D eigenvalue weighted by Gasteiger charge is 2.28. The van der Waals surface area contributed by atoms with Gasteiger partial charge in [0.05, 0.1) is 12.3 Å². The van der Waals surface area contributed by atoms with Gasteiger partial charge in [0.15, 0.2) is 0 Å². The molecule has 0 unspecified atom stereocenters. The van der Waals surface area contributed by atoms with Gasteiger partial charge in [0, 0.05) is 12.6 Å². The average Bonchev–Trinajstić information content (AvgIpc) is 3.13. The molecule has 146 valence electrons. The molecule has 0 saturated heterocycles. The Morgan fingerprint density at radius 3 is 2.56 bits per heavy atom. The van der Waals surface area contributed by atoms with Crippen molar-refractivity contribution < 1.29 is 13.9 Å². The molecule has 1 N–H and O–H groups in total. The summed E-state index contributed by atoms with van der Waals surface area (Å²) in [6, 6.07) is 4.76. The Hall–Kier alpha value is -2.63. The number of carbonyl (C=O) groups is 1. The molecule has 0 fully saturated rings. The zero-order valence-corrected chi connectivity index (χ0v) is 16.6. The molecule has 3 rings (SSSR count). The molecule has 0 amide bonds. The van der Waals surface area contributed by atoms with Crippen LogP contribution >= 0.6 is 0 Å². The Morgan fingerprint density at radius 1 is 1.26 bits per heavy atom. The molecule has 2 aromatic rings. The third-order valence-electron chi connectivity index (χ3n) is 4.51. The Bertz CT molecular complexity index is 903. The smallest absolute Gasteiger partial charge is 0.342 e. The summed E-state index contributed by atoms with van der Waals surface area (Å²) in [6.45, 7) is 7.75. The zero-order valence-electron chi connectivity index (χ0n) is 16.6. The monoisotopic (exact) mass is 374 g/mol. The van der Waals surface area contributed by atoms with Crippen molar-refractivity contribution in [2.45, 2.75) is 47.0 Å². The number of pyridine rings is 1. The van der Waals surface area contributed by atoms with Crippen LogP contribution in [-0.2, 0) is 24.6 Å². The first-order chi connectivity index (χ1) is 12.9.